The first kappa shape index (κ1) is 28.7. The highest BCUT2D eigenvalue weighted by molar-refractivity contribution is 4.36. The van der Waals surface area contributed by atoms with Crippen molar-refractivity contribution in [2.75, 3.05) is 55.4 Å². The highest BCUT2D eigenvalue weighted by atomic mass is 15.3. The summed E-state index contributed by atoms with van der Waals surface area (Å²) in [5.41, 5.74) is 27.0. The lowest BCUT2D eigenvalue weighted by Crippen LogP contribution is -2.35. The Kier molecular flexibility index (Phi) is 25.5. The van der Waals surface area contributed by atoms with Gasteiger partial charge in [0.2, 0.25) is 0 Å². The van der Waals surface area contributed by atoms with Gasteiger partial charge in [-0.15, -0.1) is 0 Å². The van der Waals surface area contributed by atoms with Gasteiger partial charge in [0.25, 0.3) is 0 Å². The first-order valence-corrected chi connectivity index (χ1v) is 7.53. The molecule has 0 fully saturated rings. The number of quaternary nitrogens is 2. The zero-order chi connectivity index (χ0) is 18.7. The van der Waals surface area contributed by atoms with E-state index in [1.54, 1.807) is 0 Å². The number of nitrogens with zero attached hydrogens (tertiary/aromatic N) is 8. The molecule has 0 rings (SSSR count). The van der Waals surface area contributed by atoms with Crippen LogP contribution in [0.25, 0.3) is 31.9 Å². The van der Waals surface area contributed by atoms with E-state index in [9.17, 15) is 0 Å². The highest BCUT2D eigenvalue weighted by Crippen LogP contribution is 1.95. The summed E-state index contributed by atoms with van der Waals surface area (Å²) in [6.45, 7) is 7.07. The van der Waals surface area contributed by atoms with Crippen LogP contribution in [0.1, 0.15) is 39.5 Å². The largest absolute Gasteiger partial charge is 0.373 e. The lowest BCUT2D eigenvalue weighted by Gasteiger charge is -2.23. The highest BCUT2D eigenvalue weighted by Gasteiger charge is 2.03. The maximum Gasteiger partial charge on any atom is 0.0780 e. The third kappa shape index (κ3) is 78.2. The first-order valence-electron chi connectivity index (χ1n) is 7.53. The molecule has 0 aromatic rings. The Balaban J connectivity index is -0.000000109. The Labute approximate surface area is 136 Å². The standard InChI is InChI=1S/2C7H18N.2N3/c2*1-5-6-7-8(2,3)4;2*1-3-2/h2*5-7H2,1-4H3;;/q2*+1;2*-1. The number of rotatable bonds is 6. The van der Waals surface area contributed by atoms with Crippen molar-refractivity contribution in [3.05, 3.63) is 31.9 Å². The van der Waals surface area contributed by atoms with Crippen molar-refractivity contribution in [3.8, 4) is 0 Å². The molecule has 8 nitrogen and oxygen atoms in total. The predicted molar refractivity (Wildman–Crippen MR) is 95.8 cm³/mol. The molecule has 132 valence electrons. The van der Waals surface area contributed by atoms with E-state index in [0.29, 0.717) is 0 Å². The van der Waals surface area contributed by atoms with Crippen LogP contribution in [0.2, 0.25) is 0 Å². The fourth-order valence-electron chi connectivity index (χ4n) is 1.26. The minimum Gasteiger partial charge on any atom is -0.373 e. The van der Waals surface area contributed by atoms with Gasteiger partial charge < -0.3 is 31.1 Å². The number of hydrogen-bond donors (Lipinski definition) is 0. The molecule has 0 aliphatic heterocycles. The van der Waals surface area contributed by atoms with E-state index < -0.39 is 0 Å². The molecule has 0 unspecified atom stereocenters. The zero-order valence-corrected chi connectivity index (χ0v) is 15.8. The van der Waals surface area contributed by atoms with Gasteiger partial charge in [0.05, 0.1) is 55.4 Å². The molecule has 0 spiro atoms. The average molecular weight is 316 g/mol. The summed E-state index contributed by atoms with van der Waals surface area (Å²) >= 11 is 0. The van der Waals surface area contributed by atoms with E-state index in [1.165, 1.54) is 48.6 Å². The molecule has 22 heavy (non-hydrogen) atoms. The smallest absolute Gasteiger partial charge is 0.0780 e. The third-order valence-corrected chi connectivity index (χ3v) is 2.36. The van der Waals surface area contributed by atoms with Crippen molar-refractivity contribution in [2.45, 2.75) is 39.5 Å². The van der Waals surface area contributed by atoms with Gasteiger partial charge >= 0.3 is 0 Å². The van der Waals surface area contributed by atoms with Crippen molar-refractivity contribution in [1.82, 2.24) is 0 Å². The second kappa shape index (κ2) is 19.5. The summed E-state index contributed by atoms with van der Waals surface area (Å²) in [6, 6.07) is 0. The van der Waals surface area contributed by atoms with Gasteiger partial charge in [0, 0.05) is 0 Å². The molecule has 8 heteroatoms. The zero-order valence-electron chi connectivity index (χ0n) is 15.8. The maximum absolute atomic E-state index is 6.75. The molecule has 0 radical (unpaired) electrons. The topological polar surface area (TPSA) is 117 Å². The molecular formula is C14H36N8. The van der Waals surface area contributed by atoms with Crippen LogP contribution >= 0.6 is 0 Å². The van der Waals surface area contributed by atoms with Gasteiger partial charge in [-0.25, -0.2) is 0 Å². The van der Waals surface area contributed by atoms with E-state index in [0.717, 1.165) is 8.97 Å². The van der Waals surface area contributed by atoms with E-state index in [1.807, 2.05) is 0 Å². The summed E-state index contributed by atoms with van der Waals surface area (Å²) < 4.78 is 2.21. The fourth-order valence-corrected chi connectivity index (χ4v) is 1.26. The van der Waals surface area contributed by atoms with Crippen molar-refractivity contribution in [3.63, 3.8) is 0 Å². The lowest BCUT2D eigenvalue weighted by atomic mass is 10.3. The number of hydrogen-bond acceptors (Lipinski definition) is 0. The van der Waals surface area contributed by atoms with Crippen LogP contribution in [-0.2, 0) is 0 Å². The van der Waals surface area contributed by atoms with E-state index in [2.05, 4.69) is 56.1 Å². The third-order valence-electron chi connectivity index (χ3n) is 2.36. The molecule has 0 saturated carbocycles. The van der Waals surface area contributed by atoms with Crippen LogP contribution in [0.5, 0.6) is 0 Å². The molecule has 0 bridgehead atoms. The van der Waals surface area contributed by atoms with Gasteiger partial charge in [-0.1, -0.05) is 26.7 Å². The lowest BCUT2D eigenvalue weighted by molar-refractivity contribution is -0.870. The van der Waals surface area contributed by atoms with Crippen LogP contribution in [-0.4, -0.2) is 64.3 Å². The van der Waals surface area contributed by atoms with Gasteiger partial charge in [-0.3, -0.25) is 9.82 Å². The molecule has 0 atom stereocenters. The summed E-state index contributed by atoms with van der Waals surface area (Å²) in [6.07, 6.45) is 5.33. The van der Waals surface area contributed by atoms with Crippen LogP contribution in [0, 0.1) is 0 Å². The van der Waals surface area contributed by atoms with Gasteiger partial charge in [0.1, 0.15) is 0 Å². The molecule has 0 aliphatic rings. The molecule has 0 aliphatic carbocycles. The van der Waals surface area contributed by atoms with Crippen LogP contribution in [0.4, 0.5) is 0 Å². The minimum atomic E-state index is 1.10. The Morgan fingerprint density at radius 1 is 0.591 bits per heavy atom. The van der Waals surface area contributed by atoms with Crippen molar-refractivity contribution < 1.29 is 8.97 Å². The Hall–Kier alpha value is -1.46. The quantitative estimate of drug-likeness (QED) is 0.292. The van der Waals surface area contributed by atoms with Crippen molar-refractivity contribution in [1.29, 1.82) is 0 Å². The molecule has 0 heterocycles. The Morgan fingerprint density at radius 3 is 0.818 bits per heavy atom. The Bertz CT molecular complexity index is 246. The van der Waals surface area contributed by atoms with Crippen molar-refractivity contribution >= 4 is 0 Å². The van der Waals surface area contributed by atoms with Crippen LogP contribution < -0.4 is 0 Å². The van der Waals surface area contributed by atoms with Crippen LogP contribution in [0.3, 0.4) is 0 Å². The molecule has 0 aromatic heterocycles. The Morgan fingerprint density at radius 2 is 0.773 bits per heavy atom. The summed E-state index contributed by atoms with van der Waals surface area (Å²) in [5, 5.41) is 0. The van der Waals surface area contributed by atoms with Gasteiger partial charge in [-0.2, -0.15) is 0 Å². The van der Waals surface area contributed by atoms with Crippen LogP contribution in [0.15, 0.2) is 0 Å². The van der Waals surface area contributed by atoms with E-state index >= 15 is 0 Å². The second-order valence-electron chi connectivity index (χ2n) is 6.91. The molecule has 0 saturated heterocycles. The van der Waals surface area contributed by atoms with E-state index in [4.69, 9.17) is 22.1 Å². The van der Waals surface area contributed by atoms with Crippen molar-refractivity contribution in [2.24, 2.45) is 0 Å². The second-order valence-corrected chi connectivity index (χ2v) is 6.91. The summed E-state index contributed by atoms with van der Waals surface area (Å²) in [7, 11) is 13.4. The first-order chi connectivity index (χ1) is 9.95. The maximum atomic E-state index is 6.75. The van der Waals surface area contributed by atoms with Gasteiger partial charge in [-0.05, 0) is 12.8 Å². The molecular weight excluding hydrogens is 280 g/mol. The minimum absolute atomic E-state index is 1.10. The van der Waals surface area contributed by atoms with Gasteiger partial charge in [0.15, 0.2) is 0 Å². The molecule has 0 aromatic carbocycles. The average Bonchev–Trinajstić information content (AvgIpc) is 2.35. The SMILES string of the molecule is CCCC[N+](C)(C)C.CCCC[N+](C)(C)C.[N-]=[N+]=[N-].[N-]=[N+]=[N-]. The normalized spacial score (nSPS) is 9.45. The molecule has 0 N–H and O–H groups in total. The summed E-state index contributed by atoms with van der Waals surface area (Å²) in [4.78, 5) is 3.00. The van der Waals surface area contributed by atoms with E-state index in [-0.39, 0.29) is 0 Å². The number of unbranched alkanes of at least 4 members (excludes halogenated alkanes) is 2. The molecule has 0 amide bonds. The summed E-state index contributed by atoms with van der Waals surface area (Å²) in [5.74, 6) is 0. The monoisotopic (exact) mass is 316 g/mol. The fraction of sp³-hybridized carbons (Fsp3) is 1.00. The predicted octanol–water partition coefficient (Wildman–Crippen LogP) is 4.72.